The molecule has 0 spiro atoms. The maximum atomic E-state index is 12.3. The van der Waals surface area contributed by atoms with Crippen LogP contribution in [0.3, 0.4) is 0 Å². The van der Waals surface area contributed by atoms with E-state index in [0.29, 0.717) is 31.0 Å². The lowest BCUT2D eigenvalue weighted by Gasteiger charge is -2.22. The molecule has 3 N–H and O–H groups in total. The van der Waals surface area contributed by atoms with E-state index >= 15 is 0 Å². The van der Waals surface area contributed by atoms with Gasteiger partial charge < -0.3 is 20.7 Å². The predicted octanol–water partition coefficient (Wildman–Crippen LogP) is 1.14. The molecule has 1 heterocycles. The van der Waals surface area contributed by atoms with Crippen molar-refractivity contribution in [2.24, 2.45) is 0 Å². The van der Waals surface area contributed by atoms with E-state index < -0.39 is 6.04 Å². The standard InChI is InChI=1S/C15H21N3O3/c1-3-7-17-14(19)10(2)18-15(20)11-5-4-6-12-13(11)21-9-8-16-12/h4-6,10,16H,3,7-9H2,1-2H3,(H,17,19)(H,18,20). The third-order valence-corrected chi connectivity index (χ3v) is 3.21. The molecule has 114 valence electrons. The molecule has 6 heteroatoms. The molecule has 2 rings (SSSR count). The molecule has 6 nitrogen and oxygen atoms in total. The van der Waals surface area contributed by atoms with Crippen LogP contribution in [0.4, 0.5) is 5.69 Å². The van der Waals surface area contributed by atoms with Crippen LogP contribution in [0.1, 0.15) is 30.6 Å². The lowest BCUT2D eigenvalue weighted by atomic mass is 10.1. The fraction of sp³-hybridized carbons (Fsp3) is 0.467. The summed E-state index contributed by atoms with van der Waals surface area (Å²) in [5.41, 5.74) is 1.24. The zero-order valence-corrected chi connectivity index (χ0v) is 12.4. The Hall–Kier alpha value is -2.24. The highest BCUT2D eigenvalue weighted by atomic mass is 16.5. The number of ether oxygens (including phenoxy) is 1. The molecule has 21 heavy (non-hydrogen) atoms. The second kappa shape index (κ2) is 6.97. The van der Waals surface area contributed by atoms with Crippen LogP contribution in [-0.4, -0.2) is 37.6 Å². The summed E-state index contributed by atoms with van der Waals surface area (Å²) in [7, 11) is 0. The van der Waals surface area contributed by atoms with Gasteiger partial charge in [-0.3, -0.25) is 9.59 Å². The highest BCUT2D eigenvalue weighted by Gasteiger charge is 2.22. The normalized spacial score (nSPS) is 14.2. The van der Waals surface area contributed by atoms with Gasteiger partial charge in [-0.25, -0.2) is 0 Å². The molecule has 1 unspecified atom stereocenters. The van der Waals surface area contributed by atoms with Gasteiger partial charge in [-0.15, -0.1) is 0 Å². The molecule has 0 aromatic heterocycles. The molecule has 1 aliphatic heterocycles. The van der Waals surface area contributed by atoms with E-state index in [1.165, 1.54) is 0 Å². The molecular formula is C15H21N3O3. The Labute approximate surface area is 124 Å². The van der Waals surface area contributed by atoms with Gasteiger partial charge in [0, 0.05) is 13.1 Å². The summed E-state index contributed by atoms with van der Waals surface area (Å²) in [6.07, 6.45) is 0.859. The second-order valence-electron chi connectivity index (χ2n) is 4.94. The summed E-state index contributed by atoms with van der Waals surface area (Å²) < 4.78 is 5.56. The highest BCUT2D eigenvalue weighted by Crippen LogP contribution is 2.31. The first-order valence-electron chi connectivity index (χ1n) is 7.21. The molecule has 2 amide bonds. The Balaban J connectivity index is 2.05. The van der Waals surface area contributed by atoms with Crippen molar-refractivity contribution in [3.05, 3.63) is 23.8 Å². The van der Waals surface area contributed by atoms with E-state index in [2.05, 4.69) is 16.0 Å². The number of fused-ring (bicyclic) bond motifs is 1. The molecule has 0 fully saturated rings. The number of carbonyl (C=O) groups is 2. The molecule has 1 aromatic rings. The molecule has 0 saturated heterocycles. The predicted molar refractivity (Wildman–Crippen MR) is 80.7 cm³/mol. The molecule has 0 aliphatic carbocycles. The molecule has 1 aromatic carbocycles. The van der Waals surface area contributed by atoms with Crippen molar-refractivity contribution in [3.63, 3.8) is 0 Å². The minimum Gasteiger partial charge on any atom is -0.489 e. The number of anilines is 1. The van der Waals surface area contributed by atoms with Crippen LogP contribution in [0.5, 0.6) is 5.75 Å². The largest absolute Gasteiger partial charge is 0.489 e. The van der Waals surface area contributed by atoms with Gasteiger partial charge in [-0.05, 0) is 25.5 Å². The Morgan fingerprint density at radius 3 is 3.00 bits per heavy atom. The summed E-state index contributed by atoms with van der Waals surface area (Å²) >= 11 is 0. The number of rotatable bonds is 5. The maximum Gasteiger partial charge on any atom is 0.255 e. The molecule has 1 aliphatic rings. The summed E-state index contributed by atoms with van der Waals surface area (Å²) in [6, 6.07) is 4.76. The minimum absolute atomic E-state index is 0.186. The minimum atomic E-state index is -0.587. The fourth-order valence-electron chi connectivity index (χ4n) is 2.09. The summed E-state index contributed by atoms with van der Waals surface area (Å²) in [5, 5.41) is 8.63. The Bertz CT molecular complexity index is 531. The van der Waals surface area contributed by atoms with Gasteiger partial charge in [0.2, 0.25) is 5.91 Å². The van der Waals surface area contributed by atoms with E-state index in [1.54, 1.807) is 19.1 Å². The molecule has 0 radical (unpaired) electrons. The van der Waals surface area contributed by atoms with Crippen molar-refractivity contribution in [1.29, 1.82) is 0 Å². The van der Waals surface area contributed by atoms with E-state index in [9.17, 15) is 9.59 Å². The first-order valence-corrected chi connectivity index (χ1v) is 7.21. The van der Waals surface area contributed by atoms with Gasteiger partial charge in [0.1, 0.15) is 12.6 Å². The van der Waals surface area contributed by atoms with Gasteiger partial charge >= 0.3 is 0 Å². The van der Waals surface area contributed by atoms with Gasteiger partial charge in [-0.1, -0.05) is 13.0 Å². The second-order valence-corrected chi connectivity index (χ2v) is 4.94. The molecular weight excluding hydrogens is 270 g/mol. The third kappa shape index (κ3) is 3.65. The van der Waals surface area contributed by atoms with Gasteiger partial charge in [0.05, 0.1) is 11.3 Å². The van der Waals surface area contributed by atoms with Gasteiger partial charge in [0.25, 0.3) is 5.91 Å². The summed E-state index contributed by atoms with van der Waals surface area (Å²) in [6.45, 7) is 5.48. The quantitative estimate of drug-likeness (QED) is 0.760. The summed E-state index contributed by atoms with van der Waals surface area (Å²) in [4.78, 5) is 24.1. The van der Waals surface area contributed by atoms with Gasteiger partial charge in [-0.2, -0.15) is 0 Å². The van der Waals surface area contributed by atoms with Crippen LogP contribution in [0.25, 0.3) is 0 Å². The number of carbonyl (C=O) groups excluding carboxylic acids is 2. The average molecular weight is 291 g/mol. The monoisotopic (exact) mass is 291 g/mol. The van der Waals surface area contributed by atoms with E-state index in [-0.39, 0.29) is 11.8 Å². The van der Waals surface area contributed by atoms with Crippen molar-refractivity contribution in [2.45, 2.75) is 26.3 Å². The Morgan fingerprint density at radius 1 is 1.43 bits per heavy atom. The van der Waals surface area contributed by atoms with Crippen molar-refractivity contribution in [1.82, 2.24) is 10.6 Å². The maximum absolute atomic E-state index is 12.3. The molecule has 1 atom stereocenters. The van der Waals surface area contributed by atoms with Crippen LogP contribution in [0.2, 0.25) is 0 Å². The average Bonchev–Trinajstić information content (AvgIpc) is 2.51. The number of hydrogen-bond acceptors (Lipinski definition) is 4. The van der Waals surface area contributed by atoms with Crippen LogP contribution in [0.15, 0.2) is 18.2 Å². The van der Waals surface area contributed by atoms with Crippen molar-refractivity contribution < 1.29 is 14.3 Å². The van der Waals surface area contributed by atoms with E-state index in [1.807, 2.05) is 13.0 Å². The van der Waals surface area contributed by atoms with Crippen molar-refractivity contribution in [3.8, 4) is 5.75 Å². The Kier molecular flexibility index (Phi) is 5.03. The van der Waals surface area contributed by atoms with Crippen LogP contribution < -0.4 is 20.7 Å². The fourth-order valence-corrected chi connectivity index (χ4v) is 2.09. The zero-order valence-electron chi connectivity index (χ0n) is 12.4. The summed E-state index contributed by atoms with van der Waals surface area (Å²) in [5.74, 6) is 0.0474. The molecule has 0 bridgehead atoms. The topological polar surface area (TPSA) is 79.5 Å². The number of hydrogen-bond donors (Lipinski definition) is 3. The van der Waals surface area contributed by atoms with Crippen molar-refractivity contribution in [2.75, 3.05) is 25.0 Å². The first-order chi connectivity index (χ1) is 10.1. The highest BCUT2D eigenvalue weighted by molar-refractivity contribution is 6.01. The van der Waals surface area contributed by atoms with Crippen LogP contribution >= 0.6 is 0 Å². The SMILES string of the molecule is CCCNC(=O)C(C)NC(=O)c1cccc2c1OCCN2. The zero-order chi connectivity index (χ0) is 15.2. The number of amides is 2. The smallest absolute Gasteiger partial charge is 0.255 e. The number of benzene rings is 1. The number of para-hydroxylation sites is 1. The third-order valence-electron chi connectivity index (χ3n) is 3.21. The van der Waals surface area contributed by atoms with Crippen LogP contribution in [-0.2, 0) is 4.79 Å². The van der Waals surface area contributed by atoms with E-state index in [0.717, 1.165) is 12.1 Å². The van der Waals surface area contributed by atoms with E-state index in [4.69, 9.17) is 4.74 Å². The lowest BCUT2D eigenvalue weighted by Crippen LogP contribution is -2.45. The van der Waals surface area contributed by atoms with Gasteiger partial charge in [0.15, 0.2) is 5.75 Å². The first kappa shape index (κ1) is 15.2. The Morgan fingerprint density at radius 2 is 2.24 bits per heavy atom. The van der Waals surface area contributed by atoms with Crippen LogP contribution in [0, 0.1) is 0 Å². The number of nitrogens with one attached hydrogen (secondary N) is 3. The van der Waals surface area contributed by atoms with Crippen molar-refractivity contribution >= 4 is 17.5 Å². The molecule has 0 saturated carbocycles. The lowest BCUT2D eigenvalue weighted by molar-refractivity contribution is -0.122.